The van der Waals surface area contributed by atoms with Crippen LogP contribution in [0.25, 0.3) is 10.9 Å². The summed E-state index contributed by atoms with van der Waals surface area (Å²) in [5.74, 6) is -1.25. The SMILES string of the molecule is Cn1nc(C(=O)NCCO)c(=O)c2cc(F)ccc21. The fraction of sp³-hybridized carbons (Fsp3) is 0.250. The molecule has 19 heavy (non-hydrogen) atoms. The highest BCUT2D eigenvalue weighted by Gasteiger charge is 2.16. The molecule has 0 aliphatic carbocycles. The molecule has 6 nitrogen and oxygen atoms in total. The van der Waals surface area contributed by atoms with E-state index in [0.29, 0.717) is 5.52 Å². The summed E-state index contributed by atoms with van der Waals surface area (Å²) in [4.78, 5) is 23.8. The lowest BCUT2D eigenvalue weighted by Gasteiger charge is -2.07. The Morgan fingerprint density at radius 3 is 2.95 bits per heavy atom. The summed E-state index contributed by atoms with van der Waals surface area (Å²) in [6.07, 6.45) is 0. The van der Waals surface area contributed by atoms with Gasteiger partial charge in [-0.05, 0) is 18.2 Å². The van der Waals surface area contributed by atoms with Gasteiger partial charge in [-0.15, -0.1) is 0 Å². The summed E-state index contributed by atoms with van der Waals surface area (Å²) in [5, 5.41) is 14.9. The van der Waals surface area contributed by atoms with E-state index in [1.807, 2.05) is 0 Å². The zero-order chi connectivity index (χ0) is 14.0. The molecule has 0 saturated carbocycles. The van der Waals surface area contributed by atoms with Crippen LogP contribution in [-0.4, -0.2) is 33.9 Å². The number of halogens is 1. The van der Waals surface area contributed by atoms with Gasteiger partial charge in [0, 0.05) is 13.6 Å². The quantitative estimate of drug-likeness (QED) is 0.804. The Balaban J connectivity index is 2.61. The topological polar surface area (TPSA) is 84.2 Å². The molecular weight excluding hydrogens is 253 g/mol. The molecule has 100 valence electrons. The van der Waals surface area contributed by atoms with Gasteiger partial charge in [0.1, 0.15) is 5.82 Å². The fourth-order valence-corrected chi connectivity index (χ4v) is 1.75. The Morgan fingerprint density at radius 1 is 1.53 bits per heavy atom. The number of aliphatic hydroxyl groups is 1. The number of benzene rings is 1. The molecule has 0 unspecified atom stereocenters. The summed E-state index contributed by atoms with van der Waals surface area (Å²) < 4.78 is 14.5. The second-order valence-electron chi connectivity index (χ2n) is 3.94. The monoisotopic (exact) mass is 265 g/mol. The molecule has 0 fully saturated rings. The second-order valence-corrected chi connectivity index (χ2v) is 3.94. The molecule has 1 heterocycles. The summed E-state index contributed by atoms with van der Waals surface area (Å²) in [6.45, 7) is -0.223. The average Bonchev–Trinajstić information content (AvgIpc) is 2.40. The third-order valence-corrected chi connectivity index (χ3v) is 2.63. The summed E-state index contributed by atoms with van der Waals surface area (Å²) >= 11 is 0. The Kier molecular flexibility index (Phi) is 3.57. The fourth-order valence-electron chi connectivity index (χ4n) is 1.75. The van der Waals surface area contributed by atoms with Gasteiger partial charge in [-0.2, -0.15) is 5.10 Å². The third kappa shape index (κ3) is 2.45. The van der Waals surface area contributed by atoms with Crippen molar-refractivity contribution in [1.29, 1.82) is 0 Å². The molecule has 0 atom stereocenters. The van der Waals surface area contributed by atoms with Crippen LogP contribution >= 0.6 is 0 Å². The molecule has 0 radical (unpaired) electrons. The minimum absolute atomic E-state index is 0.0187. The first kappa shape index (κ1) is 13.2. The average molecular weight is 265 g/mol. The molecule has 1 amide bonds. The Morgan fingerprint density at radius 2 is 2.26 bits per heavy atom. The van der Waals surface area contributed by atoms with Crippen LogP contribution in [0.15, 0.2) is 23.0 Å². The minimum atomic E-state index is -0.694. The zero-order valence-electron chi connectivity index (χ0n) is 10.2. The van der Waals surface area contributed by atoms with Crippen molar-refractivity contribution in [2.45, 2.75) is 0 Å². The van der Waals surface area contributed by atoms with E-state index in [0.717, 1.165) is 6.07 Å². The number of amides is 1. The summed E-state index contributed by atoms with van der Waals surface area (Å²) in [5.41, 5.74) is -0.526. The van der Waals surface area contributed by atoms with Crippen LogP contribution in [0.4, 0.5) is 4.39 Å². The van der Waals surface area contributed by atoms with Crippen molar-refractivity contribution >= 4 is 16.8 Å². The number of rotatable bonds is 3. The molecule has 0 aliphatic rings. The van der Waals surface area contributed by atoms with Crippen LogP contribution in [0, 0.1) is 5.82 Å². The van der Waals surface area contributed by atoms with Gasteiger partial charge >= 0.3 is 0 Å². The van der Waals surface area contributed by atoms with Crippen molar-refractivity contribution < 1.29 is 14.3 Å². The lowest BCUT2D eigenvalue weighted by Crippen LogP contribution is -2.33. The number of fused-ring (bicyclic) bond motifs is 1. The normalized spacial score (nSPS) is 10.7. The Labute approximate surface area is 107 Å². The Bertz CT molecular complexity index is 696. The van der Waals surface area contributed by atoms with E-state index in [4.69, 9.17) is 5.11 Å². The molecule has 2 aromatic rings. The van der Waals surface area contributed by atoms with E-state index in [2.05, 4.69) is 10.4 Å². The van der Waals surface area contributed by atoms with Gasteiger partial charge in [0.2, 0.25) is 5.43 Å². The van der Waals surface area contributed by atoms with Crippen molar-refractivity contribution in [3.63, 3.8) is 0 Å². The van der Waals surface area contributed by atoms with Crippen LogP contribution in [0.3, 0.4) is 0 Å². The Hall–Kier alpha value is -2.28. The van der Waals surface area contributed by atoms with Crippen LogP contribution in [0.5, 0.6) is 0 Å². The van der Waals surface area contributed by atoms with E-state index in [-0.39, 0.29) is 24.2 Å². The van der Waals surface area contributed by atoms with E-state index in [1.54, 1.807) is 7.05 Å². The molecule has 0 bridgehead atoms. The van der Waals surface area contributed by atoms with Gasteiger partial charge in [-0.1, -0.05) is 0 Å². The smallest absolute Gasteiger partial charge is 0.275 e. The van der Waals surface area contributed by atoms with Crippen molar-refractivity contribution in [3.8, 4) is 0 Å². The van der Waals surface area contributed by atoms with Gasteiger partial charge in [0.05, 0.1) is 17.5 Å². The standard InChI is InChI=1S/C12H12FN3O3/c1-16-9-3-2-7(13)6-8(9)11(18)10(15-16)12(19)14-4-5-17/h2-3,6,17H,4-5H2,1H3,(H,14,19). The van der Waals surface area contributed by atoms with Gasteiger partial charge in [0.25, 0.3) is 5.91 Å². The van der Waals surface area contributed by atoms with Crippen molar-refractivity contribution in [3.05, 3.63) is 39.9 Å². The van der Waals surface area contributed by atoms with Crippen molar-refractivity contribution in [1.82, 2.24) is 15.1 Å². The summed E-state index contributed by atoms with van der Waals surface area (Å²) in [7, 11) is 1.56. The summed E-state index contributed by atoms with van der Waals surface area (Å²) in [6, 6.07) is 3.71. The molecule has 1 aromatic carbocycles. The number of hydrogen-bond acceptors (Lipinski definition) is 4. The number of aryl methyl sites for hydroxylation is 1. The number of aliphatic hydroxyl groups excluding tert-OH is 1. The number of aromatic nitrogens is 2. The maximum Gasteiger partial charge on any atom is 0.275 e. The maximum atomic E-state index is 13.2. The van der Waals surface area contributed by atoms with Crippen LogP contribution in [-0.2, 0) is 7.05 Å². The highest BCUT2D eigenvalue weighted by atomic mass is 19.1. The first-order chi connectivity index (χ1) is 9.04. The molecular formula is C12H12FN3O3. The van der Waals surface area contributed by atoms with E-state index in [9.17, 15) is 14.0 Å². The van der Waals surface area contributed by atoms with Gasteiger partial charge < -0.3 is 10.4 Å². The van der Waals surface area contributed by atoms with E-state index >= 15 is 0 Å². The van der Waals surface area contributed by atoms with Gasteiger partial charge in [-0.3, -0.25) is 14.3 Å². The predicted molar refractivity (Wildman–Crippen MR) is 66.4 cm³/mol. The molecule has 2 N–H and O–H groups in total. The number of carbonyl (C=O) groups excluding carboxylic acids is 1. The molecule has 0 aliphatic heterocycles. The van der Waals surface area contributed by atoms with Crippen molar-refractivity contribution in [2.75, 3.05) is 13.2 Å². The van der Waals surface area contributed by atoms with Crippen molar-refractivity contribution in [2.24, 2.45) is 7.05 Å². The highest BCUT2D eigenvalue weighted by Crippen LogP contribution is 2.10. The van der Waals surface area contributed by atoms with Gasteiger partial charge in [-0.25, -0.2) is 4.39 Å². The van der Waals surface area contributed by atoms with E-state index in [1.165, 1.54) is 16.8 Å². The highest BCUT2D eigenvalue weighted by molar-refractivity contribution is 5.95. The van der Waals surface area contributed by atoms with Crippen LogP contribution in [0.2, 0.25) is 0 Å². The second kappa shape index (κ2) is 5.15. The largest absolute Gasteiger partial charge is 0.395 e. The number of carbonyl (C=O) groups is 1. The predicted octanol–water partition coefficient (Wildman–Crippen LogP) is -0.205. The number of nitrogens with one attached hydrogen (secondary N) is 1. The number of hydrogen-bond donors (Lipinski definition) is 2. The lowest BCUT2D eigenvalue weighted by molar-refractivity contribution is 0.0937. The lowest BCUT2D eigenvalue weighted by atomic mass is 10.2. The maximum absolute atomic E-state index is 13.2. The minimum Gasteiger partial charge on any atom is -0.395 e. The van der Waals surface area contributed by atoms with E-state index < -0.39 is 17.2 Å². The third-order valence-electron chi connectivity index (χ3n) is 2.63. The first-order valence-electron chi connectivity index (χ1n) is 5.60. The van der Waals surface area contributed by atoms with Crippen LogP contribution in [0.1, 0.15) is 10.5 Å². The molecule has 7 heteroatoms. The molecule has 2 rings (SSSR count). The van der Waals surface area contributed by atoms with Gasteiger partial charge in [0.15, 0.2) is 5.69 Å². The zero-order valence-corrected chi connectivity index (χ0v) is 10.2. The molecule has 1 aromatic heterocycles. The number of nitrogens with zero attached hydrogens (tertiary/aromatic N) is 2. The molecule has 0 spiro atoms. The molecule has 0 saturated heterocycles. The first-order valence-corrected chi connectivity index (χ1v) is 5.60. The van der Waals surface area contributed by atoms with Crippen LogP contribution < -0.4 is 10.7 Å².